The molecule has 6 nitrogen and oxygen atoms in total. The number of halogens is 1. The quantitative estimate of drug-likeness (QED) is 0.580. The lowest BCUT2D eigenvalue weighted by atomic mass is 9.47. The molecule has 0 aromatic rings. The van der Waals surface area contributed by atoms with Gasteiger partial charge in [-0.05, 0) is 74.3 Å². The summed E-state index contributed by atoms with van der Waals surface area (Å²) in [4.78, 5) is 46.1. The van der Waals surface area contributed by atoms with E-state index in [1.165, 1.54) is 6.92 Å². The third-order valence-corrected chi connectivity index (χ3v) is 9.83. The number of carbonyl (C=O) groups excluding carboxylic acids is 3. The summed E-state index contributed by atoms with van der Waals surface area (Å²) in [5.41, 5.74) is -0.455. The van der Waals surface area contributed by atoms with Crippen molar-refractivity contribution >= 4 is 35.1 Å². The van der Waals surface area contributed by atoms with Crippen LogP contribution in [0.1, 0.15) is 66.7 Å². The van der Waals surface area contributed by atoms with Crippen molar-refractivity contribution in [1.82, 2.24) is 0 Å². The van der Waals surface area contributed by atoms with Crippen LogP contribution in [0, 0.1) is 40.4 Å². The maximum Gasteiger partial charge on any atom is 0.303 e. The number of hydrogen-bond donors (Lipinski definition) is 1. The summed E-state index contributed by atoms with van der Waals surface area (Å²) in [7, 11) is 0. The van der Waals surface area contributed by atoms with E-state index in [0.29, 0.717) is 23.3 Å². The first-order valence-electron chi connectivity index (χ1n) is 11.8. The first-order valence-corrected chi connectivity index (χ1v) is 12.2. The first kappa shape index (κ1) is 24.2. The molecule has 0 radical (unpaired) electrons. The van der Waals surface area contributed by atoms with Crippen molar-refractivity contribution in [3.8, 4) is 0 Å². The maximum absolute atomic E-state index is 12.8. The van der Waals surface area contributed by atoms with E-state index in [1.807, 2.05) is 6.08 Å². The Labute approximate surface area is 199 Å². The van der Waals surface area contributed by atoms with Gasteiger partial charge in [0.1, 0.15) is 0 Å². The van der Waals surface area contributed by atoms with Crippen LogP contribution in [0.3, 0.4) is 0 Å². The van der Waals surface area contributed by atoms with Gasteiger partial charge >= 0.3 is 5.97 Å². The molecular weight excluding hydrogens is 444 g/mol. The monoisotopic (exact) mass is 476 g/mol. The Bertz CT molecular complexity index is 993. The molecule has 0 spiro atoms. The molecule has 5 aliphatic rings. The Hall–Kier alpha value is -1.95. The van der Waals surface area contributed by atoms with E-state index >= 15 is 0 Å². The second kappa shape index (κ2) is 7.79. The Balaban J connectivity index is 0.000000601. The fourth-order valence-corrected chi connectivity index (χ4v) is 8.43. The molecule has 1 N–H and O–H groups in total. The van der Waals surface area contributed by atoms with Gasteiger partial charge in [-0.15, -0.1) is 0 Å². The number of ketones is 2. The minimum atomic E-state index is -1.03. The minimum absolute atomic E-state index is 0.0423. The standard InChI is InChI=1S/C24H29ClO4.C2H4O2/c1-12(26)24(29-13(2)27)8-6-16-14-10-20(25)19-11-21(28)15-9-18(15)23(19,4)17(14)5-7-22(16,24)3;1-2(3)4/h10-11,14-18H,5-9H2,1-4H3;1H3,(H,3,4)/t14-,15+,16-,17-,18-,22-,23-,24-;/m0./s1. The lowest BCUT2D eigenvalue weighted by molar-refractivity contribution is -0.185. The van der Waals surface area contributed by atoms with Gasteiger partial charge in [0.05, 0.1) is 0 Å². The lowest BCUT2D eigenvalue weighted by Crippen LogP contribution is -2.58. The summed E-state index contributed by atoms with van der Waals surface area (Å²) < 4.78 is 5.82. The summed E-state index contributed by atoms with van der Waals surface area (Å²) >= 11 is 6.79. The topological polar surface area (TPSA) is 97.7 Å². The molecule has 33 heavy (non-hydrogen) atoms. The van der Waals surface area contributed by atoms with Gasteiger partial charge in [-0.2, -0.15) is 0 Å². The fraction of sp³-hybridized carbons (Fsp3) is 0.692. The highest BCUT2D eigenvalue weighted by atomic mass is 35.5. The van der Waals surface area contributed by atoms with Crippen LogP contribution in [0.25, 0.3) is 0 Å². The molecule has 0 unspecified atom stereocenters. The molecular formula is C26H33ClO6. The van der Waals surface area contributed by atoms with Crippen molar-refractivity contribution in [3.63, 3.8) is 0 Å². The zero-order valence-electron chi connectivity index (χ0n) is 19.9. The average Bonchev–Trinajstić information content (AvgIpc) is 3.45. The number of Topliss-reactive ketones (excluding diaryl/α,β-unsaturated/α-hetero) is 1. The summed E-state index contributed by atoms with van der Waals surface area (Å²) in [6.07, 6.45) is 8.18. The molecule has 7 heteroatoms. The zero-order chi connectivity index (χ0) is 24.5. The van der Waals surface area contributed by atoms with Gasteiger partial charge in [0.2, 0.25) is 0 Å². The Morgan fingerprint density at radius 1 is 1.06 bits per heavy atom. The van der Waals surface area contributed by atoms with E-state index in [4.69, 9.17) is 26.2 Å². The Kier molecular flexibility index (Phi) is 5.71. The zero-order valence-corrected chi connectivity index (χ0v) is 20.7. The van der Waals surface area contributed by atoms with Crippen molar-refractivity contribution in [2.24, 2.45) is 40.4 Å². The Morgan fingerprint density at radius 3 is 2.24 bits per heavy atom. The molecule has 5 aliphatic carbocycles. The molecule has 180 valence electrons. The number of carbonyl (C=O) groups is 4. The molecule has 8 atom stereocenters. The number of carboxylic acids is 1. The van der Waals surface area contributed by atoms with E-state index in [9.17, 15) is 14.4 Å². The third-order valence-electron chi connectivity index (χ3n) is 9.50. The van der Waals surface area contributed by atoms with Crippen molar-refractivity contribution in [3.05, 3.63) is 22.8 Å². The number of carboxylic acid groups (broad SMARTS) is 1. The van der Waals surface area contributed by atoms with Crippen molar-refractivity contribution in [2.45, 2.75) is 72.3 Å². The van der Waals surface area contributed by atoms with E-state index in [-0.39, 0.29) is 46.1 Å². The number of fused-ring (bicyclic) bond motifs is 7. The molecule has 0 aliphatic heterocycles. The van der Waals surface area contributed by atoms with Gasteiger partial charge < -0.3 is 9.84 Å². The van der Waals surface area contributed by atoms with Crippen LogP contribution in [0.5, 0.6) is 0 Å². The van der Waals surface area contributed by atoms with Crippen LogP contribution in [0.15, 0.2) is 22.8 Å². The van der Waals surface area contributed by atoms with E-state index in [1.54, 1.807) is 6.92 Å². The first-order chi connectivity index (χ1) is 15.3. The van der Waals surface area contributed by atoms with Gasteiger partial charge in [0.15, 0.2) is 17.2 Å². The molecule has 0 bridgehead atoms. The second-order valence-electron chi connectivity index (χ2n) is 11.0. The molecule has 3 fully saturated rings. The number of ether oxygens (including phenoxy) is 1. The van der Waals surface area contributed by atoms with Gasteiger partial charge in [0.25, 0.3) is 5.97 Å². The highest BCUT2D eigenvalue weighted by Gasteiger charge is 2.70. The summed E-state index contributed by atoms with van der Waals surface area (Å²) in [5.74, 6) is 0.436. The lowest BCUT2D eigenvalue weighted by Gasteiger charge is -2.57. The number of hydrogen-bond acceptors (Lipinski definition) is 5. The molecule has 0 amide bonds. The predicted octanol–water partition coefficient (Wildman–Crippen LogP) is 4.70. The normalized spacial score (nSPS) is 44.4. The van der Waals surface area contributed by atoms with Crippen molar-refractivity contribution in [1.29, 1.82) is 0 Å². The maximum atomic E-state index is 12.8. The SMILES string of the molecule is CC(=O)O.CC(=O)O[C@]1(C(C)=O)CC[C@H]2[C@@H]3C=C(Cl)C4=CC(=O)[C@@H]5C[C@@H]5[C@]4(C)[C@H]3CC[C@@]21C. The molecule has 0 heterocycles. The van der Waals surface area contributed by atoms with Gasteiger partial charge in [-0.1, -0.05) is 31.5 Å². The van der Waals surface area contributed by atoms with Gasteiger partial charge in [0, 0.05) is 35.6 Å². The smallest absolute Gasteiger partial charge is 0.303 e. The molecule has 0 aromatic heterocycles. The van der Waals surface area contributed by atoms with Crippen LogP contribution >= 0.6 is 11.6 Å². The van der Waals surface area contributed by atoms with E-state index in [2.05, 4.69) is 19.9 Å². The molecule has 0 aromatic carbocycles. The van der Waals surface area contributed by atoms with Gasteiger partial charge in [-0.25, -0.2) is 0 Å². The van der Waals surface area contributed by atoms with Crippen LogP contribution in [0.4, 0.5) is 0 Å². The van der Waals surface area contributed by atoms with Crippen LogP contribution in [-0.4, -0.2) is 34.2 Å². The fourth-order valence-electron chi connectivity index (χ4n) is 8.03. The number of esters is 1. The predicted molar refractivity (Wildman–Crippen MR) is 122 cm³/mol. The summed E-state index contributed by atoms with van der Waals surface area (Å²) in [6.45, 7) is 8.50. The van der Waals surface area contributed by atoms with E-state index < -0.39 is 11.6 Å². The largest absolute Gasteiger partial charge is 0.481 e. The van der Waals surface area contributed by atoms with E-state index in [0.717, 1.165) is 38.2 Å². The molecule has 0 saturated heterocycles. The second-order valence-corrected chi connectivity index (χ2v) is 11.4. The third kappa shape index (κ3) is 3.35. The minimum Gasteiger partial charge on any atom is -0.481 e. The van der Waals surface area contributed by atoms with Crippen LogP contribution in [-0.2, 0) is 23.9 Å². The van der Waals surface area contributed by atoms with Crippen LogP contribution in [0.2, 0.25) is 0 Å². The highest BCUT2D eigenvalue weighted by molar-refractivity contribution is 6.32. The average molecular weight is 477 g/mol. The molecule has 5 rings (SSSR count). The van der Waals surface area contributed by atoms with Crippen molar-refractivity contribution in [2.75, 3.05) is 0 Å². The van der Waals surface area contributed by atoms with Gasteiger partial charge in [-0.3, -0.25) is 19.2 Å². The molecule has 3 saturated carbocycles. The Morgan fingerprint density at radius 2 is 1.67 bits per heavy atom. The van der Waals surface area contributed by atoms with Crippen molar-refractivity contribution < 1.29 is 29.0 Å². The number of rotatable bonds is 2. The number of aliphatic carboxylic acids is 1. The summed E-state index contributed by atoms with van der Waals surface area (Å²) in [5, 5.41) is 8.13. The van der Waals surface area contributed by atoms with Crippen LogP contribution < -0.4 is 0 Å². The highest BCUT2D eigenvalue weighted by Crippen LogP contribution is 2.72. The number of allylic oxidation sites excluding steroid dienone is 4. The summed E-state index contributed by atoms with van der Waals surface area (Å²) in [6, 6.07) is 0.